The number of carbonyl (C=O) groups is 2. The summed E-state index contributed by atoms with van der Waals surface area (Å²) in [4.78, 5) is 25.8. The monoisotopic (exact) mass is 639 g/mol. The summed E-state index contributed by atoms with van der Waals surface area (Å²) in [5.41, 5.74) is 5.56. The van der Waals surface area contributed by atoms with Crippen molar-refractivity contribution >= 4 is 92.8 Å². The number of benzene rings is 3. The molecular weight excluding hydrogens is 625 g/mol. The number of halogens is 8. The van der Waals surface area contributed by atoms with E-state index in [1.807, 2.05) is 0 Å². The largest absolute Gasteiger partial charge is 0.326 e. The molecule has 0 radical (unpaired) electrons. The summed E-state index contributed by atoms with van der Waals surface area (Å²) in [5, 5.41) is 3.41. The predicted molar refractivity (Wildman–Crippen MR) is 149 cm³/mol. The number of alkyl halides is 4. The van der Waals surface area contributed by atoms with Crippen LogP contribution < -0.4 is 16.2 Å². The van der Waals surface area contributed by atoms with Crippen LogP contribution >= 0.6 is 69.6 Å². The van der Waals surface area contributed by atoms with Crippen molar-refractivity contribution < 1.29 is 18.4 Å². The molecule has 2 unspecified atom stereocenters. The van der Waals surface area contributed by atoms with Crippen LogP contribution in [0.25, 0.3) is 0 Å². The Hall–Kier alpha value is -2.00. The zero-order valence-electron chi connectivity index (χ0n) is 19.2. The molecule has 0 heterocycles. The van der Waals surface area contributed by atoms with Gasteiger partial charge in [0.05, 0.1) is 22.2 Å². The molecule has 2 amide bonds. The number of rotatable bonds is 7. The van der Waals surface area contributed by atoms with Crippen LogP contribution in [0.4, 0.5) is 20.2 Å². The van der Waals surface area contributed by atoms with E-state index in [1.54, 1.807) is 18.2 Å². The molecule has 2 atom stereocenters. The highest BCUT2D eigenvalue weighted by molar-refractivity contribution is 6.53. The molecule has 200 valence electrons. The lowest BCUT2D eigenvalue weighted by Gasteiger charge is -2.16. The Balaban J connectivity index is 1.46. The van der Waals surface area contributed by atoms with E-state index in [0.717, 1.165) is 6.07 Å². The van der Waals surface area contributed by atoms with Crippen molar-refractivity contribution in [2.45, 2.75) is 23.1 Å². The predicted octanol–water partition coefficient (Wildman–Crippen LogP) is 8.69. The number of anilines is 2. The van der Waals surface area contributed by atoms with Crippen molar-refractivity contribution in [1.29, 1.82) is 0 Å². The lowest BCUT2D eigenvalue weighted by atomic mass is 10.1. The fourth-order valence-corrected chi connectivity index (χ4v) is 5.81. The van der Waals surface area contributed by atoms with E-state index >= 15 is 0 Å². The number of carbonyl (C=O) groups excluding carboxylic acids is 2. The molecule has 4 rings (SSSR count). The summed E-state index contributed by atoms with van der Waals surface area (Å²) in [6.45, 7) is 0.711. The van der Waals surface area contributed by atoms with Crippen LogP contribution in [0.15, 0.2) is 54.6 Å². The summed E-state index contributed by atoms with van der Waals surface area (Å²) in [6.07, 6.45) is 0. The maximum absolute atomic E-state index is 13.7. The van der Waals surface area contributed by atoms with E-state index in [1.165, 1.54) is 30.3 Å². The van der Waals surface area contributed by atoms with Gasteiger partial charge >= 0.3 is 0 Å². The van der Waals surface area contributed by atoms with E-state index < -0.39 is 39.5 Å². The first-order valence-corrected chi connectivity index (χ1v) is 13.1. The van der Waals surface area contributed by atoms with Crippen molar-refractivity contribution in [2.75, 3.05) is 10.7 Å². The SMILES string of the molecule is CC(F)(F)c1cc(NNC(=O)c2cc(NC(=O)C3C(c4cc(Cl)cc(Cl)c4)C3(Cl)Cl)ccc2Cl)ccc1Cl. The van der Waals surface area contributed by atoms with Crippen molar-refractivity contribution in [3.05, 3.63) is 91.4 Å². The van der Waals surface area contributed by atoms with Crippen molar-refractivity contribution in [3.8, 4) is 0 Å². The third kappa shape index (κ3) is 6.24. The Bertz CT molecular complexity index is 1410. The second kappa shape index (κ2) is 10.9. The van der Waals surface area contributed by atoms with Gasteiger partial charge in [-0.1, -0.05) is 46.4 Å². The molecule has 1 saturated carbocycles. The van der Waals surface area contributed by atoms with E-state index in [9.17, 15) is 18.4 Å². The van der Waals surface area contributed by atoms with Gasteiger partial charge in [0, 0.05) is 39.2 Å². The highest BCUT2D eigenvalue weighted by Gasteiger charge is 2.67. The first kappa shape index (κ1) is 29.0. The van der Waals surface area contributed by atoms with Crippen LogP contribution in [0, 0.1) is 5.92 Å². The molecule has 0 bridgehead atoms. The highest BCUT2D eigenvalue weighted by atomic mass is 35.5. The van der Waals surface area contributed by atoms with E-state index in [0.29, 0.717) is 22.5 Å². The second-order valence-corrected chi connectivity index (χ2v) is 11.8. The zero-order valence-corrected chi connectivity index (χ0v) is 23.7. The van der Waals surface area contributed by atoms with Gasteiger partial charge in [-0.2, -0.15) is 0 Å². The molecule has 1 aliphatic carbocycles. The van der Waals surface area contributed by atoms with Gasteiger partial charge in [-0.3, -0.25) is 20.4 Å². The molecule has 1 aliphatic rings. The minimum absolute atomic E-state index is 0.00366. The standard InChI is InChI=1S/C25H17Cl6F2N3O2/c1-24(32,33)17-10-15(3-5-19(17)29)35-36-22(37)16-9-14(2-4-18(16)28)34-23(38)21-20(25(21,30)31)11-6-12(26)8-13(27)7-11/h2-10,20-21,35H,1H3,(H,34,38)(H,36,37). The van der Waals surface area contributed by atoms with Crippen molar-refractivity contribution in [1.82, 2.24) is 5.43 Å². The number of nitrogens with one attached hydrogen (secondary N) is 3. The molecule has 1 fully saturated rings. The number of hydrazine groups is 1. The minimum atomic E-state index is -3.18. The fourth-order valence-electron chi connectivity index (χ4n) is 3.96. The van der Waals surface area contributed by atoms with Crippen LogP contribution in [-0.2, 0) is 10.7 Å². The molecule has 0 aromatic heterocycles. The van der Waals surface area contributed by atoms with Gasteiger partial charge in [0.1, 0.15) is 4.33 Å². The fraction of sp³-hybridized carbons (Fsp3) is 0.200. The molecule has 0 saturated heterocycles. The Labute approximate surface area is 246 Å². The number of amides is 2. The summed E-state index contributed by atoms with van der Waals surface area (Å²) >= 11 is 37.0. The van der Waals surface area contributed by atoms with Crippen LogP contribution in [0.5, 0.6) is 0 Å². The van der Waals surface area contributed by atoms with Crippen LogP contribution in [0.1, 0.15) is 34.3 Å². The van der Waals surface area contributed by atoms with Gasteiger partial charge in [-0.05, 0) is 60.2 Å². The molecule has 13 heteroatoms. The molecule has 5 nitrogen and oxygen atoms in total. The zero-order chi connectivity index (χ0) is 28.0. The molecule has 38 heavy (non-hydrogen) atoms. The normalized spacial score (nSPS) is 18.0. The third-order valence-electron chi connectivity index (χ3n) is 5.82. The lowest BCUT2D eigenvalue weighted by Crippen LogP contribution is -2.30. The topological polar surface area (TPSA) is 70.2 Å². The van der Waals surface area contributed by atoms with Crippen LogP contribution in [0.3, 0.4) is 0 Å². The van der Waals surface area contributed by atoms with Gasteiger partial charge < -0.3 is 5.32 Å². The Morgan fingerprint density at radius 1 is 0.868 bits per heavy atom. The van der Waals surface area contributed by atoms with Gasteiger partial charge in [0.15, 0.2) is 0 Å². The summed E-state index contributed by atoms with van der Waals surface area (Å²) in [7, 11) is 0. The van der Waals surface area contributed by atoms with Gasteiger partial charge in [0.2, 0.25) is 5.91 Å². The average molecular weight is 642 g/mol. The maximum Gasteiger partial charge on any atom is 0.272 e. The molecule has 3 aromatic rings. The molecular formula is C25H17Cl6F2N3O2. The Morgan fingerprint density at radius 2 is 1.47 bits per heavy atom. The van der Waals surface area contributed by atoms with Gasteiger partial charge in [-0.25, -0.2) is 8.78 Å². The first-order valence-electron chi connectivity index (χ1n) is 10.9. The molecule has 3 N–H and O–H groups in total. The molecule has 0 spiro atoms. The molecule has 0 aliphatic heterocycles. The quantitative estimate of drug-likeness (QED) is 0.179. The third-order valence-corrected chi connectivity index (χ3v) is 7.85. The lowest BCUT2D eigenvalue weighted by molar-refractivity contribution is -0.117. The van der Waals surface area contributed by atoms with E-state index in [4.69, 9.17) is 69.6 Å². The van der Waals surface area contributed by atoms with Crippen LogP contribution in [-0.4, -0.2) is 16.1 Å². The summed E-state index contributed by atoms with van der Waals surface area (Å²) < 4.78 is 26.1. The Morgan fingerprint density at radius 3 is 2.11 bits per heavy atom. The highest BCUT2D eigenvalue weighted by Crippen LogP contribution is 2.65. The van der Waals surface area contributed by atoms with Crippen LogP contribution in [0.2, 0.25) is 20.1 Å². The van der Waals surface area contributed by atoms with E-state index in [-0.39, 0.29) is 27.0 Å². The minimum Gasteiger partial charge on any atom is -0.326 e. The molecule has 3 aromatic carbocycles. The van der Waals surface area contributed by atoms with Gasteiger partial charge in [-0.15, -0.1) is 23.2 Å². The average Bonchev–Trinajstić information content (AvgIpc) is 3.40. The van der Waals surface area contributed by atoms with Gasteiger partial charge in [0.25, 0.3) is 11.8 Å². The first-order chi connectivity index (χ1) is 17.7. The summed E-state index contributed by atoms with van der Waals surface area (Å²) in [6, 6.07) is 12.9. The summed E-state index contributed by atoms with van der Waals surface area (Å²) in [5.74, 6) is -5.73. The van der Waals surface area contributed by atoms with Crippen molar-refractivity contribution in [3.63, 3.8) is 0 Å². The van der Waals surface area contributed by atoms with Crippen molar-refractivity contribution in [2.24, 2.45) is 5.92 Å². The number of hydrogen-bond donors (Lipinski definition) is 3. The van der Waals surface area contributed by atoms with E-state index in [2.05, 4.69) is 16.2 Å². The Kier molecular flexibility index (Phi) is 8.30. The number of hydrogen-bond acceptors (Lipinski definition) is 3. The smallest absolute Gasteiger partial charge is 0.272 e. The second-order valence-electron chi connectivity index (χ2n) is 8.68. The maximum atomic E-state index is 13.7.